The second-order valence-corrected chi connectivity index (χ2v) is 10.5. The summed E-state index contributed by atoms with van der Waals surface area (Å²) in [6.45, 7) is 1.97. The maximum atomic E-state index is 12.6. The molecule has 10 heteroatoms. The van der Waals surface area contributed by atoms with Gasteiger partial charge in [-0.2, -0.15) is 11.8 Å². The zero-order valence-electron chi connectivity index (χ0n) is 21.7. The van der Waals surface area contributed by atoms with Crippen LogP contribution in [-0.4, -0.2) is 89.2 Å². The molecule has 208 valence electrons. The molecule has 0 saturated carbocycles. The van der Waals surface area contributed by atoms with E-state index in [1.807, 2.05) is 49.4 Å². The third-order valence-corrected chi connectivity index (χ3v) is 7.31. The molecule has 0 radical (unpaired) electrons. The van der Waals surface area contributed by atoms with E-state index >= 15 is 0 Å². The number of methoxy groups -OCH3 is 1. The number of carbonyl (C=O) groups excluding carboxylic acids is 2. The van der Waals surface area contributed by atoms with E-state index in [0.29, 0.717) is 12.0 Å². The van der Waals surface area contributed by atoms with Gasteiger partial charge in [0.15, 0.2) is 0 Å². The molecule has 4 N–H and O–H groups in total. The van der Waals surface area contributed by atoms with Crippen LogP contribution in [0.25, 0.3) is 11.1 Å². The molecule has 9 nitrogen and oxygen atoms in total. The summed E-state index contributed by atoms with van der Waals surface area (Å²) in [6, 6.07) is 16.8. The van der Waals surface area contributed by atoms with Crippen molar-refractivity contribution in [2.45, 2.75) is 56.4 Å². The van der Waals surface area contributed by atoms with Crippen LogP contribution in [0.15, 0.2) is 54.6 Å². The summed E-state index contributed by atoms with van der Waals surface area (Å²) in [7, 11) is 1.19. The van der Waals surface area contributed by atoms with Gasteiger partial charge in [-0.25, -0.2) is 4.79 Å². The fourth-order valence-electron chi connectivity index (χ4n) is 4.31. The van der Waals surface area contributed by atoms with Crippen molar-refractivity contribution in [3.05, 3.63) is 60.2 Å². The first-order valence-corrected chi connectivity index (χ1v) is 13.9. The number of rotatable bonds is 13. The van der Waals surface area contributed by atoms with Gasteiger partial charge < -0.3 is 34.8 Å². The van der Waals surface area contributed by atoms with E-state index < -0.39 is 42.1 Å². The van der Waals surface area contributed by atoms with Gasteiger partial charge in [0.05, 0.1) is 32.0 Å². The third-order valence-electron chi connectivity index (χ3n) is 6.32. The monoisotopic (exact) mass is 547 g/mol. The summed E-state index contributed by atoms with van der Waals surface area (Å²) in [5.74, 6) is -1.34. The number of carbonyl (C=O) groups is 2. The Labute approximate surface area is 227 Å². The molecule has 1 saturated heterocycles. The third kappa shape index (κ3) is 8.02. The fourth-order valence-corrected chi connectivity index (χ4v) is 4.92. The molecule has 2 aromatic rings. The van der Waals surface area contributed by atoms with Crippen LogP contribution in [0.5, 0.6) is 0 Å². The lowest BCUT2D eigenvalue weighted by atomic mass is 9.93. The molecule has 38 heavy (non-hydrogen) atoms. The second kappa shape index (κ2) is 14.6. The Hall–Kier alpha value is -2.47. The van der Waals surface area contributed by atoms with Crippen LogP contribution in [-0.2, 0) is 19.0 Å². The van der Waals surface area contributed by atoms with Crippen LogP contribution in [0.4, 0.5) is 0 Å². The Morgan fingerprint density at radius 2 is 1.82 bits per heavy atom. The molecule has 1 heterocycles. The van der Waals surface area contributed by atoms with Gasteiger partial charge in [-0.1, -0.05) is 49.4 Å². The van der Waals surface area contributed by atoms with Crippen LogP contribution < -0.4 is 5.32 Å². The van der Waals surface area contributed by atoms with Crippen LogP contribution in [0.2, 0.25) is 0 Å². The maximum Gasteiger partial charge on any atom is 0.366 e. The lowest BCUT2D eigenvalue weighted by Crippen LogP contribution is -2.58. The molecule has 1 aliphatic rings. The number of esters is 1. The number of thioether (sulfide) groups is 1. The van der Waals surface area contributed by atoms with Gasteiger partial charge in [0.2, 0.25) is 0 Å². The number of benzene rings is 2. The van der Waals surface area contributed by atoms with Gasteiger partial charge >= 0.3 is 5.97 Å². The standard InChI is InChI=1S/C28H37NO8S/c1-3-38-15-7-14-36-28(27(34)35-2)17-22(30)16-24(37-28)25(32)23(31)18-29-26(33)21-12-10-20(11-13-21)19-8-5-4-6-9-19/h4-6,8-13,22-25,30-32H,3,7,14-18H2,1-2H3,(H,29,33)/t22-,23?,24-,25-,28-/m1/s1. The van der Waals surface area contributed by atoms with Crippen molar-refractivity contribution in [2.75, 3.05) is 31.8 Å². The van der Waals surface area contributed by atoms with Crippen LogP contribution >= 0.6 is 11.8 Å². The van der Waals surface area contributed by atoms with E-state index in [2.05, 4.69) is 5.32 Å². The van der Waals surface area contributed by atoms with Gasteiger partial charge in [-0.15, -0.1) is 0 Å². The number of ether oxygens (including phenoxy) is 3. The number of hydrogen-bond donors (Lipinski definition) is 4. The maximum absolute atomic E-state index is 12.6. The molecular weight excluding hydrogens is 510 g/mol. The van der Waals surface area contributed by atoms with Crippen molar-refractivity contribution in [3.8, 4) is 11.1 Å². The Bertz CT molecular complexity index is 1020. The van der Waals surface area contributed by atoms with E-state index in [0.717, 1.165) is 22.6 Å². The predicted molar refractivity (Wildman–Crippen MR) is 145 cm³/mol. The van der Waals surface area contributed by atoms with Crippen molar-refractivity contribution in [1.29, 1.82) is 0 Å². The first-order valence-electron chi connectivity index (χ1n) is 12.8. The van der Waals surface area contributed by atoms with E-state index in [-0.39, 0.29) is 26.0 Å². The summed E-state index contributed by atoms with van der Waals surface area (Å²) >= 11 is 1.73. The zero-order valence-corrected chi connectivity index (χ0v) is 22.6. The molecule has 0 aliphatic carbocycles. The molecule has 0 aromatic heterocycles. The number of aliphatic hydroxyl groups excluding tert-OH is 3. The van der Waals surface area contributed by atoms with Crippen molar-refractivity contribution in [2.24, 2.45) is 0 Å². The highest BCUT2D eigenvalue weighted by atomic mass is 32.2. The van der Waals surface area contributed by atoms with Crippen molar-refractivity contribution >= 4 is 23.6 Å². The molecule has 0 bridgehead atoms. The van der Waals surface area contributed by atoms with E-state index in [1.165, 1.54) is 7.11 Å². The van der Waals surface area contributed by atoms with Gasteiger partial charge in [0.25, 0.3) is 11.7 Å². The quantitative estimate of drug-likeness (QED) is 0.220. The Morgan fingerprint density at radius 1 is 1.13 bits per heavy atom. The zero-order chi connectivity index (χ0) is 27.5. The van der Waals surface area contributed by atoms with E-state index in [9.17, 15) is 24.9 Å². The Balaban J connectivity index is 1.58. The fraction of sp³-hybridized carbons (Fsp3) is 0.500. The smallest absolute Gasteiger partial charge is 0.366 e. The first kappa shape index (κ1) is 30.1. The molecule has 1 unspecified atom stereocenters. The average Bonchev–Trinajstić information content (AvgIpc) is 2.95. The molecular formula is C28H37NO8S. The Morgan fingerprint density at radius 3 is 2.47 bits per heavy atom. The SMILES string of the molecule is CCSCCCO[C@]1(C(=O)OC)C[C@H](O)C[C@H]([C@H](O)C(O)CNC(=O)c2ccc(-c3ccccc3)cc2)O1. The van der Waals surface area contributed by atoms with Gasteiger partial charge in [0.1, 0.15) is 6.10 Å². The number of aliphatic hydroxyl groups is 3. The van der Waals surface area contributed by atoms with Gasteiger partial charge in [-0.05, 0) is 41.2 Å². The Kier molecular flexibility index (Phi) is 11.6. The van der Waals surface area contributed by atoms with Crippen molar-refractivity contribution < 1.29 is 39.1 Å². The van der Waals surface area contributed by atoms with Crippen molar-refractivity contribution in [1.82, 2.24) is 5.32 Å². The minimum atomic E-state index is -1.89. The van der Waals surface area contributed by atoms with Crippen LogP contribution in [0.3, 0.4) is 0 Å². The highest BCUT2D eigenvalue weighted by molar-refractivity contribution is 7.99. The number of hydrogen-bond acceptors (Lipinski definition) is 9. The molecule has 0 spiro atoms. The van der Waals surface area contributed by atoms with Gasteiger partial charge in [-0.3, -0.25) is 4.79 Å². The average molecular weight is 548 g/mol. The number of amides is 1. The highest BCUT2D eigenvalue weighted by Gasteiger charge is 2.51. The van der Waals surface area contributed by atoms with Crippen LogP contribution in [0.1, 0.15) is 36.5 Å². The predicted octanol–water partition coefficient (Wildman–Crippen LogP) is 2.37. The van der Waals surface area contributed by atoms with E-state index in [1.54, 1.807) is 23.9 Å². The second-order valence-electron chi connectivity index (χ2n) is 9.10. The summed E-state index contributed by atoms with van der Waals surface area (Å²) < 4.78 is 16.5. The molecule has 5 atom stereocenters. The molecule has 1 aliphatic heterocycles. The van der Waals surface area contributed by atoms with E-state index in [4.69, 9.17) is 14.2 Å². The normalized spacial score (nSPS) is 22.9. The molecule has 1 amide bonds. The molecule has 1 fully saturated rings. The topological polar surface area (TPSA) is 135 Å². The summed E-state index contributed by atoms with van der Waals surface area (Å²) in [6.07, 6.45) is -4.61. The van der Waals surface area contributed by atoms with Gasteiger partial charge in [0, 0.05) is 24.9 Å². The summed E-state index contributed by atoms with van der Waals surface area (Å²) in [5, 5.41) is 34.5. The first-order chi connectivity index (χ1) is 18.3. The summed E-state index contributed by atoms with van der Waals surface area (Å²) in [4.78, 5) is 25.2. The highest BCUT2D eigenvalue weighted by Crippen LogP contribution is 2.34. The lowest BCUT2D eigenvalue weighted by Gasteiger charge is -2.42. The minimum absolute atomic E-state index is 0.0269. The lowest BCUT2D eigenvalue weighted by molar-refractivity contribution is -0.305. The minimum Gasteiger partial charge on any atom is -0.465 e. The summed E-state index contributed by atoms with van der Waals surface area (Å²) in [5.41, 5.74) is 2.39. The number of nitrogens with one attached hydrogen (secondary N) is 1. The largest absolute Gasteiger partial charge is 0.465 e. The molecule has 3 rings (SSSR count). The van der Waals surface area contributed by atoms with Crippen molar-refractivity contribution in [3.63, 3.8) is 0 Å². The van der Waals surface area contributed by atoms with Crippen LogP contribution in [0, 0.1) is 0 Å². The molecule has 2 aromatic carbocycles.